The van der Waals surface area contributed by atoms with Crippen LogP contribution in [0.1, 0.15) is 45.1 Å². The number of ether oxygens (including phenoxy) is 1. The molecule has 0 aliphatic carbocycles. The number of aliphatic hydroxyl groups excluding tert-OH is 1. The van der Waals surface area contributed by atoms with E-state index in [0.717, 1.165) is 68.9 Å². The Kier molecular flexibility index (Phi) is 10.6. The highest BCUT2D eigenvalue weighted by atomic mass is 127. The van der Waals surface area contributed by atoms with Crippen molar-refractivity contribution in [3.05, 3.63) is 23.9 Å². The van der Waals surface area contributed by atoms with Crippen LogP contribution in [0.2, 0.25) is 0 Å². The van der Waals surface area contributed by atoms with E-state index in [4.69, 9.17) is 9.73 Å². The second kappa shape index (κ2) is 12.7. The molecular weight excluding hydrogens is 493 g/mol. The smallest absolute Gasteiger partial charge is 0.191 e. The quantitative estimate of drug-likeness (QED) is 0.272. The van der Waals surface area contributed by atoms with E-state index in [-0.39, 0.29) is 36.0 Å². The summed E-state index contributed by atoms with van der Waals surface area (Å²) in [6.07, 6.45) is 6.15. The lowest BCUT2D eigenvalue weighted by Crippen LogP contribution is -2.44. The summed E-state index contributed by atoms with van der Waals surface area (Å²) in [5, 5.41) is 16.2. The summed E-state index contributed by atoms with van der Waals surface area (Å²) in [4.78, 5) is 11.8. The molecular formula is C22H38IN5O2. The van der Waals surface area contributed by atoms with Crippen LogP contribution in [0.25, 0.3) is 0 Å². The van der Waals surface area contributed by atoms with Gasteiger partial charge < -0.3 is 25.4 Å². The van der Waals surface area contributed by atoms with Gasteiger partial charge in [0, 0.05) is 51.0 Å². The maximum atomic E-state index is 9.40. The van der Waals surface area contributed by atoms with Gasteiger partial charge in [0.15, 0.2) is 5.96 Å². The zero-order chi connectivity index (χ0) is 20.5. The molecule has 7 nitrogen and oxygen atoms in total. The molecule has 30 heavy (non-hydrogen) atoms. The lowest BCUT2D eigenvalue weighted by molar-refractivity contribution is 0.127. The van der Waals surface area contributed by atoms with Crippen molar-refractivity contribution in [1.29, 1.82) is 0 Å². The van der Waals surface area contributed by atoms with E-state index in [2.05, 4.69) is 46.5 Å². The van der Waals surface area contributed by atoms with Crippen LogP contribution >= 0.6 is 24.0 Å². The SMILES string of the molecule is CCNC(=NCc1ccc(N2CCC(C)CC2)nc1)NCC1(CCO)CCOC1.I. The molecule has 3 N–H and O–H groups in total. The molecule has 1 aromatic heterocycles. The van der Waals surface area contributed by atoms with Gasteiger partial charge in [-0.15, -0.1) is 24.0 Å². The zero-order valence-electron chi connectivity index (χ0n) is 18.4. The molecule has 2 aliphatic heterocycles. The van der Waals surface area contributed by atoms with Crippen molar-refractivity contribution in [3.63, 3.8) is 0 Å². The van der Waals surface area contributed by atoms with Crippen molar-refractivity contribution in [2.75, 3.05) is 50.9 Å². The minimum atomic E-state index is 0. The minimum Gasteiger partial charge on any atom is -0.396 e. The van der Waals surface area contributed by atoms with E-state index in [1.807, 2.05) is 6.20 Å². The van der Waals surface area contributed by atoms with Gasteiger partial charge >= 0.3 is 0 Å². The van der Waals surface area contributed by atoms with Gasteiger partial charge in [-0.25, -0.2) is 9.98 Å². The van der Waals surface area contributed by atoms with Gasteiger partial charge in [0.05, 0.1) is 13.2 Å². The van der Waals surface area contributed by atoms with Gasteiger partial charge in [0.2, 0.25) is 0 Å². The van der Waals surface area contributed by atoms with Crippen molar-refractivity contribution in [2.45, 2.75) is 46.1 Å². The Labute approximate surface area is 198 Å². The molecule has 3 rings (SSSR count). The summed E-state index contributed by atoms with van der Waals surface area (Å²) in [6.45, 7) is 10.4. The Morgan fingerprint density at radius 3 is 2.73 bits per heavy atom. The molecule has 8 heteroatoms. The van der Waals surface area contributed by atoms with Crippen LogP contribution in [-0.2, 0) is 11.3 Å². The minimum absolute atomic E-state index is 0. The predicted molar refractivity (Wildman–Crippen MR) is 133 cm³/mol. The number of hydrogen-bond donors (Lipinski definition) is 3. The second-order valence-corrected chi connectivity index (χ2v) is 8.52. The molecule has 0 bridgehead atoms. The normalized spacial score (nSPS) is 22.6. The zero-order valence-corrected chi connectivity index (χ0v) is 20.7. The van der Waals surface area contributed by atoms with Crippen LogP contribution in [-0.4, -0.2) is 62.0 Å². The maximum absolute atomic E-state index is 9.40. The Morgan fingerprint density at radius 1 is 1.33 bits per heavy atom. The summed E-state index contributed by atoms with van der Waals surface area (Å²) < 4.78 is 5.58. The van der Waals surface area contributed by atoms with Crippen molar-refractivity contribution >= 4 is 35.8 Å². The summed E-state index contributed by atoms with van der Waals surface area (Å²) in [5.74, 6) is 2.69. The average molecular weight is 531 g/mol. The maximum Gasteiger partial charge on any atom is 0.191 e. The molecule has 0 amide bonds. The van der Waals surface area contributed by atoms with Crippen LogP contribution in [0.5, 0.6) is 0 Å². The molecule has 2 fully saturated rings. The number of aliphatic hydroxyl groups is 1. The van der Waals surface area contributed by atoms with Gasteiger partial charge in [0.25, 0.3) is 0 Å². The number of aromatic nitrogens is 1. The number of guanidine groups is 1. The Balaban J connectivity index is 0.00000320. The first kappa shape index (κ1) is 25.1. The number of piperidine rings is 1. The average Bonchev–Trinajstić information content (AvgIpc) is 3.20. The summed E-state index contributed by atoms with van der Waals surface area (Å²) >= 11 is 0. The molecule has 0 spiro atoms. The highest BCUT2D eigenvalue weighted by molar-refractivity contribution is 14.0. The van der Waals surface area contributed by atoms with E-state index in [1.54, 1.807) is 0 Å². The molecule has 1 atom stereocenters. The fourth-order valence-corrected chi connectivity index (χ4v) is 4.03. The molecule has 0 radical (unpaired) electrons. The van der Waals surface area contributed by atoms with Crippen molar-refractivity contribution in [1.82, 2.24) is 15.6 Å². The number of pyridine rings is 1. The van der Waals surface area contributed by atoms with Crippen LogP contribution in [0, 0.1) is 11.3 Å². The third-order valence-electron chi connectivity index (χ3n) is 6.14. The molecule has 0 aromatic carbocycles. The molecule has 1 unspecified atom stereocenters. The van der Waals surface area contributed by atoms with E-state index < -0.39 is 0 Å². The highest BCUT2D eigenvalue weighted by Gasteiger charge is 2.34. The summed E-state index contributed by atoms with van der Waals surface area (Å²) in [7, 11) is 0. The van der Waals surface area contributed by atoms with Crippen LogP contribution in [0.15, 0.2) is 23.3 Å². The first-order valence-electron chi connectivity index (χ1n) is 11.0. The molecule has 1 aromatic rings. The van der Waals surface area contributed by atoms with E-state index in [0.29, 0.717) is 13.2 Å². The Bertz CT molecular complexity index is 641. The first-order chi connectivity index (χ1) is 14.1. The van der Waals surface area contributed by atoms with Crippen LogP contribution < -0.4 is 15.5 Å². The standard InChI is InChI=1S/C22H37N5O2.HI/c1-3-23-21(26-16-22(8-12-28)9-13-29-17-22)25-15-19-4-5-20(24-14-19)27-10-6-18(2)7-11-27;/h4-5,14,18,28H,3,6-13,15-17H2,1-2H3,(H2,23,25,26);1H. The number of aliphatic imine (C=N–C) groups is 1. The lowest BCUT2D eigenvalue weighted by Gasteiger charge is -2.31. The molecule has 3 heterocycles. The van der Waals surface area contributed by atoms with Crippen LogP contribution in [0.3, 0.4) is 0 Å². The van der Waals surface area contributed by atoms with Gasteiger partial charge in [0.1, 0.15) is 5.82 Å². The number of rotatable bonds is 8. The van der Waals surface area contributed by atoms with Gasteiger partial charge in [-0.3, -0.25) is 0 Å². The Hall–Kier alpha value is -1.13. The fourth-order valence-electron chi connectivity index (χ4n) is 4.03. The largest absolute Gasteiger partial charge is 0.396 e. The number of anilines is 1. The Morgan fingerprint density at radius 2 is 2.13 bits per heavy atom. The topological polar surface area (TPSA) is 82.0 Å². The molecule has 2 aliphatic rings. The first-order valence-corrected chi connectivity index (χ1v) is 11.0. The van der Waals surface area contributed by atoms with E-state index in [9.17, 15) is 5.11 Å². The van der Waals surface area contributed by atoms with Crippen molar-refractivity contribution in [3.8, 4) is 0 Å². The third-order valence-corrected chi connectivity index (χ3v) is 6.14. The van der Waals surface area contributed by atoms with E-state index >= 15 is 0 Å². The fraction of sp³-hybridized carbons (Fsp3) is 0.727. The third kappa shape index (κ3) is 7.23. The lowest BCUT2D eigenvalue weighted by atomic mass is 9.84. The molecule has 2 saturated heterocycles. The number of nitrogens with one attached hydrogen (secondary N) is 2. The van der Waals surface area contributed by atoms with Crippen LogP contribution in [0.4, 0.5) is 5.82 Å². The molecule has 170 valence electrons. The van der Waals surface area contributed by atoms with E-state index in [1.165, 1.54) is 12.8 Å². The number of nitrogens with zero attached hydrogens (tertiary/aromatic N) is 3. The predicted octanol–water partition coefficient (Wildman–Crippen LogP) is 2.78. The number of hydrogen-bond acceptors (Lipinski definition) is 5. The monoisotopic (exact) mass is 531 g/mol. The van der Waals surface area contributed by atoms with Crippen molar-refractivity contribution < 1.29 is 9.84 Å². The molecule has 0 saturated carbocycles. The summed E-state index contributed by atoms with van der Waals surface area (Å²) in [5.41, 5.74) is 1.10. The van der Waals surface area contributed by atoms with Crippen molar-refractivity contribution in [2.24, 2.45) is 16.3 Å². The highest BCUT2D eigenvalue weighted by Crippen LogP contribution is 2.31. The summed E-state index contributed by atoms with van der Waals surface area (Å²) in [6, 6.07) is 4.25. The number of halogens is 1. The van der Waals surface area contributed by atoms with Gasteiger partial charge in [-0.1, -0.05) is 13.0 Å². The second-order valence-electron chi connectivity index (χ2n) is 8.52. The van der Waals surface area contributed by atoms with Gasteiger partial charge in [-0.2, -0.15) is 0 Å². The van der Waals surface area contributed by atoms with Gasteiger partial charge in [-0.05, 0) is 50.2 Å².